The van der Waals surface area contributed by atoms with Crippen molar-refractivity contribution in [2.45, 2.75) is 31.1 Å². The molecular formula is C20H25FN8O6S. The van der Waals surface area contributed by atoms with Gasteiger partial charge in [0.1, 0.15) is 18.3 Å². The fourth-order valence-electron chi connectivity index (χ4n) is 3.52. The van der Waals surface area contributed by atoms with Crippen molar-refractivity contribution in [2.75, 3.05) is 38.8 Å². The maximum absolute atomic E-state index is 13.4. The summed E-state index contributed by atoms with van der Waals surface area (Å²) >= 11 is 0. The number of hydrogen-bond acceptors (Lipinski definition) is 12. The maximum Gasteiger partial charge on any atom is 0.245 e. The highest BCUT2D eigenvalue weighted by atomic mass is 32.2. The molecule has 4 heterocycles. The molecule has 1 aliphatic rings. The molecule has 3 atom stereocenters. The molecule has 16 heteroatoms. The molecule has 0 aliphatic carbocycles. The van der Waals surface area contributed by atoms with E-state index >= 15 is 0 Å². The minimum absolute atomic E-state index is 0.0844. The van der Waals surface area contributed by atoms with E-state index in [0.29, 0.717) is 13.2 Å². The lowest BCUT2D eigenvalue weighted by molar-refractivity contribution is -0.0941. The van der Waals surface area contributed by atoms with Gasteiger partial charge in [0, 0.05) is 5.92 Å². The number of methoxy groups -OCH3 is 2. The summed E-state index contributed by atoms with van der Waals surface area (Å²) in [4.78, 5) is 16.0. The molecule has 1 fully saturated rings. The van der Waals surface area contributed by atoms with Gasteiger partial charge in [-0.05, 0) is 6.92 Å². The highest BCUT2D eigenvalue weighted by Gasteiger charge is 2.34. The summed E-state index contributed by atoms with van der Waals surface area (Å²) in [6, 6.07) is 0. The largest absolute Gasteiger partial charge is 0.479 e. The van der Waals surface area contributed by atoms with Gasteiger partial charge >= 0.3 is 0 Å². The molecule has 0 spiro atoms. The standard InChI is InChI=1S/C20H25FN8O6S/c1-11(16-22-7-13(21)8-23-16)12(2)36(30,31)28-20-27-26-17(14-9-34-5-6-35-14)29(20)15-18(32-3)24-10-25-19(15)33-4/h7-8,10-12,14H,5-6,9H2,1-4H3,(H,27,28)/t11?,12?,14-/m0/s1. The van der Waals surface area contributed by atoms with Crippen molar-refractivity contribution in [3.8, 4) is 17.4 Å². The molecule has 0 saturated carbocycles. The number of nitrogens with zero attached hydrogens (tertiary/aromatic N) is 7. The van der Waals surface area contributed by atoms with Gasteiger partial charge in [-0.3, -0.25) is 9.29 Å². The third kappa shape index (κ3) is 5.05. The van der Waals surface area contributed by atoms with Gasteiger partial charge < -0.3 is 18.9 Å². The molecule has 4 rings (SSSR count). The van der Waals surface area contributed by atoms with Crippen LogP contribution in [0.15, 0.2) is 18.7 Å². The Kier molecular flexibility index (Phi) is 7.56. The Hall–Kier alpha value is -3.50. The molecule has 1 saturated heterocycles. The summed E-state index contributed by atoms with van der Waals surface area (Å²) < 4.78 is 65.9. The van der Waals surface area contributed by atoms with Crippen LogP contribution >= 0.6 is 0 Å². The molecule has 0 aromatic carbocycles. The van der Waals surface area contributed by atoms with E-state index in [4.69, 9.17) is 18.9 Å². The Morgan fingerprint density at radius 1 is 1.08 bits per heavy atom. The van der Waals surface area contributed by atoms with E-state index in [9.17, 15) is 12.8 Å². The summed E-state index contributed by atoms with van der Waals surface area (Å²) in [7, 11) is -1.31. The molecule has 3 aromatic rings. The molecule has 14 nitrogen and oxygen atoms in total. The zero-order valence-corrected chi connectivity index (χ0v) is 20.8. The number of rotatable bonds is 9. The first kappa shape index (κ1) is 25.6. The van der Waals surface area contributed by atoms with Crippen LogP contribution in [0.3, 0.4) is 0 Å². The van der Waals surface area contributed by atoms with Crippen LogP contribution in [0, 0.1) is 5.82 Å². The van der Waals surface area contributed by atoms with Crippen LogP contribution in [0.1, 0.15) is 37.5 Å². The van der Waals surface area contributed by atoms with Crippen molar-refractivity contribution in [3.05, 3.63) is 36.2 Å². The van der Waals surface area contributed by atoms with Gasteiger partial charge in [0.2, 0.25) is 27.7 Å². The second-order valence-corrected chi connectivity index (χ2v) is 9.83. The number of hydrogen-bond donors (Lipinski definition) is 1. The Labute approximate surface area is 206 Å². The van der Waals surface area contributed by atoms with Crippen molar-refractivity contribution in [1.29, 1.82) is 0 Å². The Bertz CT molecular complexity index is 1280. The SMILES string of the molecule is COc1ncnc(OC)c1-n1c(NS(=O)(=O)C(C)C(C)c2ncc(F)cn2)nnc1[C@@H]1COCCO1. The van der Waals surface area contributed by atoms with Crippen LogP contribution in [0.4, 0.5) is 10.3 Å². The van der Waals surface area contributed by atoms with Gasteiger partial charge in [0.25, 0.3) is 0 Å². The van der Waals surface area contributed by atoms with Crippen molar-refractivity contribution < 1.29 is 31.8 Å². The van der Waals surface area contributed by atoms with Crippen LogP contribution in [0.5, 0.6) is 11.8 Å². The van der Waals surface area contributed by atoms with Crippen LogP contribution in [-0.2, 0) is 19.5 Å². The molecule has 36 heavy (non-hydrogen) atoms. The third-order valence-electron chi connectivity index (χ3n) is 5.63. The average molecular weight is 525 g/mol. The summed E-state index contributed by atoms with van der Waals surface area (Å²) in [6.07, 6.45) is 2.54. The first-order chi connectivity index (χ1) is 17.3. The number of halogens is 1. The van der Waals surface area contributed by atoms with Crippen LogP contribution in [0.2, 0.25) is 0 Å². The monoisotopic (exact) mass is 524 g/mol. The molecule has 194 valence electrons. The number of sulfonamides is 1. The van der Waals surface area contributed by atoms with Crippen LogP contribution < -0.4 is 14.2 Å². The van der Waals surface area contributed by atoms with Crippen molar-refractivity contribution in [1.82, 2.24) is 34.7 Å². The summed E-state index contributed by atoms with van der Waals surface area (Å²) in [5.41, 5.74) is 0.164. The predicted octanol–water partition coefficient (Wildman–Crippen LogP) is 1.03. The van der Waals surface area contributed by atoms with Gasteiger partial charge in [-0.1, -0.05) is 6.92 Å². The summed E-state index contributed by atoms with van der Waals surface area (Å²) in [6.45, 7) is 3.98. The fraction of sp³-hybridized carbons (Fsp3) is 0.500. The maximum atomic E-state index is 13.4. The normalized spacial score (nSPS) is 17.9. The van der Waals surface area contributed by atoms with Gasteiger partial charge in [-0.25, -0.2) is 22.8 Å². The first-order valence-corrected chi connectivity index (χ1v) is 12.4. The average Bonchev–Trinajstić information content (AvgIpc) is 3.30. The van der Waals surface area contributed by atoms with E-state index < -0.39 is 33.1 Å². The minimum Gasteiger partial charge on any atom is -0.479 e. The Balaban J connectivity index is 1.77. The Morgan fingerprint density at radius 2 is 1.75 bits per heavy atom. The fourth-order valence-corrected chi connectivity index (χ4v) is 4.75. The predicted molar refractivity (Wildman–Crippen MR) is 122 cm³/mol. The van der Waals surface area contributed by atoms with E-state index in [1.54, 1.807) is 6.92 Å². The second kappa shape index (κ2) is 10.6. The number of nitrogens with one attached hydrogen (secondary N) is 1. The van der Waals surface area contributed by atoms with E-state index in [-0.39, 0.29) is 41.7 Å². The van der Waals surface area contributed by atoms with E-state index in [2.05, 4.69) is 34.9 Å². The summed E-state index contributed by atoms with van der Waals surface area (Å²) in [5, 5.41) is 7.20. The lowest BCUT2D eigenvalue weighted by Gasteiger charge is -2.24. The number of anilines is 1. The lowest BCUT2D eigenvalue weighted by atomic mass is 10.1. The number of ether oxygens (including phenoxy) is 4. The molecule has 0 amide bonds. The molecule has 1 N–H and O–H groups in total. The van der Waals surface area contributed by atoms with Crippen molar-refractivity contribution in [3.63, 3.8) is 0 Å². The summed E-state index contributed by atoms with van der Waals surface area (Å²) in [5.74, 6) is -0.919. The van der Waals surface area contributed by atoms with Crippen molar-refractivity contribution in [2.24, 2.45) is 0 Å². The molecule has 0 bridgehead atoms. The highest BCUT2D eigenvalue weighted by molar-refractivity contribution is 7.93. The topological polar surface area (TPSA) is 165 Å². The smallest absolute Gasteiger partial charge is 0.245 e. The lowest BCUT2D eigenvalue weighted by Crippen LogP contribution is -2.32. The molecule has 3 aromatic heterocycles. The van der Waals surface area contributed by atoms with Crippen LogP contribution in [0.25, 0.3) is 5.69 Å². The zero-order valence-electron chi connectivity index (χ0n) is 20.0. The first-order valence-electron chi connectivity index (χ1n) is 10.8. The second-order valence-electron chi connectivity index (χ2n) is 7.79. The van der Waals surface area contributed by atoms with Crippen LogP contribution in [-0.4, -0.2) is 82.4 Å². The zero-order chi connectivity index (χ0) is 25.9. The van der Waals surface area contributed by atoms with Gasteiger partial charge in [0.05, 0.1) is 51.7 Å². The highest BCUT2D eigenvalue weighted by Crippen LogP contribution is 2.35. The van der Waals surface area contributed by atoms with E-state index in [1.165, 1.54) is 32.0 Å². The van der Waals surface area contributed by atoms with Gasteiger partial charge in [-0.2, -0.15) is 9.97 Å². The molecule has 2 unspecified atom stereocenters. The molecule has 0 radical (unpaired) electrons. The molecule has 1 aliphatic heterocycles. The number of aromatic nitrogens is 7. The minimum atomic E-state index is -4.10. The third-order valence-corrected chi connectivity index (χ3v) is 7.49. The van der Waals surface area contributed by atoms with Gasteiger partial charge in [0.15, 0.2) is 17.3 Å². The quantitative estimate of drug-likeness (QED) is 0.423. The van der Waals surface area contributed by atoms with Gasteiger partial charge in [-0.15, -0.1) is 10.2 Å². The Morgan fingerprint density at radius 3 is 2.33 bits per heavy atom. The van der Waals surface area contributed by atoms with E-state index in [1.807, 2.05) is 0 Å². The van der Waals surface area contributed by atoms with Crippen molar-refractivity contribution >= 4 is 16.0 Å². The molecular weight excluding hydrogens is 499 g/mol. The van der Waals surface area contributed by atoms with E-state index in [0.717, 1.165) is 12.4 Å².